The maximum atomic E-state index is 11.9. The van der Waals surface area contributed by atoms with Crippen molar-refractivity contribution in [2.45, 2.75) is 52.1 Å². The van der Waals surface area contributed by atoms with Crippen LogP contribution in [0.5, 0.6) is 0 Å². The Morgan fingerprint density at radius 3 is 2.38 bits per heavy atom. The molecule has 0 bridgehead atoms. The molecule has 0 spiro atoms. The van der Waals surface area contributed by atoms with Crippen LogP contribution in [0.4, 0.5) is 4.79 Å². The molecule has 1 aliphatic heterocycles. The Morgan fingerprint density at radius 2 is 1.90 bits per heavy atom. The van der Waals surface area contributed by atoms with E-state index in [2.05, 4.69) is 24.5 Å². The van der Waals surface area contributed by atoms with E-state index in [0.29, 0.717) is 25.6 Å². The van der Waals surface area contributed by atoms with Gasteiger partial charge in [-0.15, -0.1) is 0 Å². The second-order valence-corrected chi connectivity index (χ2v) is 5.92. The molecule has 0 aromatic rings. The van der Waals surface area contributed by atoms with E-state index in [-0.39, 0.29) is 24.1 Å². The van der Waals surface area contributed by atoms with E-state index in [1.807, 2.05) is 6.92 Å². The molecule has 2 amide bonds. The molecule has 1 fully saturated rings. The Labute approximate surface area is 127 Å². The lowest BCUT2D eigenvalue weighted by Crippen LogP contribution is -2.52. The summed E-state index contributed by atoms with van der Waals surface area (Å²) in [5.41, 5.74) is 0. The summed E-state index contributed by atoms with van der Waals surface area (Å²) in [4.78, 5) is 25.3. The molecule has 6 nitrogen and oxygen atoms in total. The highest BCUT2D eigenvalue weighted by Gasteiger charge is 2.27. The van der Waals surface area contributed by atoms with E-state index >= 15 is 0 Å². The third-order valence-corrected chi connectivity index (χ3v) is 3.73. The lowest BCUT2D eigenvalue weighted by molar-refractivity contribution is -0.123. The number of amides is 2. The average molecular weight is 299 g/mol. The lowest BCUT2D eigenvalue weighted by atomic mass is 9.99. The van der Waals surface area contributed by atoms with Crippen molar-refractivity contribution in [3.05, 3.63) is 0 Å². The molecule has 2 N–H and O–H groups in total. The zero-order chi connectivity index (χ0) is 15.8. The third-order valence-electron chi connectivity index (χ3n) is 3.73. The number of hydrogen-bond donors (Lipinski definition) is 2. The fourth-order valence-corrected chi connectivity index (χ4v) is 2.62. The van der Waals surface area contributed by atoms with Crippen molar-refractivity contribution < 1.29 is 14.3 Å². The summed E-state index contributed by atoms with van der Waals surface area (Å²) < 4.78 is 5.01. The highest BCUT2D eigenvalue weighted by atomic mass is 16.6. The predicted octanol–water partition coefficient (Wildman–Crippen LogP) is 1.36. The standard InChI is InChI=1S/C15H29N3O3/c1-5-21-15(20)18-8-6-12(7-9-18)17-13(10-11(2)3)14(19)16-4/h11-13,17H,5-10H2,1-4H3,(H,16,19). The molecule has 1 aliphatic rings. The number of carbonyl (C=O) groups is 2. The van der Waals surface area contributed by atoms with Gasteiger partial charge in [0.15, 0.2) is 0 Å². The summed E-state index contributed by atoms with van der Waals surface area (Å²) in [5.74, 6) is 0.496. The zero-order valence-electron chi connectivity index (χ0n) is 13.6. The molecule has 0 aromatic carbocycles. The van der Waals surface area contributed by atoms with Gasteiger partial charge < -0.3 is 20.3 Å². The Bertz CT molecular complexity index is 339. The Hall–Kier alpha value is -1.30. The molecule has 0 aromatic heterocycles. The SMILES string of the molecule is CCOC(=O)N1CCC(NC(CC(C)C)C(=O)NC)CC1. The van der Waals surface area contributed by atoms with Gasteiger partial charge in [-0.05, 0) is 32.1 Å². The van der Waals surface area contributed by atoms with Crippen LogP contribution in [0.2, 0.25) is 0 Å². The van der Waals surface area contributed by atoms with Gasteiger partial charge in [0.1, 0.15) is 0 Å². The second kappa shape index (κ2) is 8.87. The van der Waals surface area contributed by atoms with E-state index in [9.17, 15) is 9.59 Å². The molecule has 6 heteroatoms. The van der Waals surface area contributed by atoms with Gasteiger partial charge in [-0.2, -0.15) is 0 Å². The molecule has 0 saturated carbocycles. The van der Waals surface area contributed by atoms with Gasteiger partial charge in [0.25, 0.3) is 0 Å². The summed E-state index contributed by atoms with van der Waals surface area (Å²) >= 11 is 0. The summed E-state index contributed by atoms with van der Waals surface area (Å²) in [6.45, 7) is 7.80. The van der Waals surface area contributed by atoms with Crippen LogP contribution in [-0.4, -0.2) is 55.7 Å². The van der Waals surface area contributed by atoms with Crippen molar-refractivity contribution in [1.82, 2.24) is 15.5 Å². The smallest absolute Gasteiger partial charge is 0.409 e. The molecule has 0 aliphatic carbocycles. The van der Waals surface area contributed by atoms with Crippen LogP contribution >= 0.6 is 0 Å². The summed E-state index contributed by atoms with van der Waals surface area (Å²) in [7, 11) is 1.67. The highest BCUT2D eigenvalue weighted by Crippen LogP contribution is 2.14. The van der Waals surface area contributed by atoms with Gasteiger partial charge in [0.2, 0.25) is 5.91 Å². The minimum atomic E-state index is -0.235. The highest BCUT2D eigenvalue weighted by molar-refractivity contribution is 5.81. The molecule has 1 saturated heterocycles. The number of piperidine rings is 1. The summed E-state index contributed by atoms with van der Waals surface area (Å²) in [5, 5.41) is 6.16. The van der Waals surface area contributed by atoms with E-state index in [1.54, 1.807) is 11.9 Å². The first-order chi connectivity index (χ1) is 9.97. The number of ether oxygens (including phenoxy) is 1. The van der Waals surface area contributed by atoms with Gasteiger partial charge in [-0.1, -0.05) is 13.8 Å². The first-order valence-electron chi connectivity index (χ1n) is 7.87. The molecule has 1 atom stereocenters. The monoisotopic (exact) mass is 299 g/mol. The van der Waals surface area contributed by atoms with Crippen molar-refractivity contribution in [2.24, 2.45) is 5.92 Å². The van der Waals surface area contributed by atoms with Crippen LogP contribution in [-0.2, 0) is 9.53 Å². The summed E-state index contributed by atoms with van der Waals surface area (Å²) in [6.07, 6.45) is 2.29. The molecular weight excluding hydrogens is 270 g/mol. The average Bonchev–Trinajstić information content (AvgIpc) is 2.46. The second-order valence-electron chi connectivity index (χ2n) is 5.92. The lowest BCUT2D eigenvalue weighted by Gasteiger charge is -2.34. The first kappa shape index (κ1) is 17.8. The van der Waals surface area contributed by atoms with Crippen molar-refractivity contribution in [3.8, 4) is 0 Å². The minimum absolute atomic E-state index is 0.0384. The first-order valence-corrected chi connectivity index (χ1v) is 7.87. The van der Waals surface area contributed by atoms with E-state index in [1.165, 1.54) is 0 Å². The molecule has 122 valence electrons. The number of nitrogens with one attached hydrogen (secondary N) is 2. The van der Waals surface area contributed by atoms with Crippen molar-refractivity contribution >= 4 is 12.0 Å². The van der Waals surface area contributed by atoms with Crippen LogP contribution in [0.3, 0.4) is 0 Å². The van der Waals surface area contributed by atoms with E-state index in [4.69, 9.17) is 4.74 Å². The van der Waals surface area contributed by atoms with Crippen LogP contribution in [0.1, 0.15) is 40.0 Å². The molecular formula is C15H29N3O3. The van der Waals surface area contributed by atoms with Gasteiger partial charge in [0, 0.05) is 26.2 Å². The van der Waals surface area contributed by atoms with Crippen LogP contribution in [0.15, 0.2) is 0 Å². The third kappa shape index (κ3) is 5.91. The normalized spacial score (nSPS) is 17.7. The van der Waals surface area contributed by atoms with Crippen LogP contribution < -0.4 is 10.6 Å². The van der Waals surface area contributed by atoms with Crippen molar-refractivity contribution in [2.75, 3.05) is 26.7 Å². The number of carbonyl (C=O) groups excluding carboxylic acids is 2. The molecule has 0 radical (unpaired) electrons. The quantitative estimate of drug-likeness (QED) is 0.777. The zero-order valence-corrected chi connectivity index (χ0v) is 13.6. The number of rotatable bonds is 6. The molecule has 1 heterocycles. The van der Waals surface area contributed by atoms with Crippen molar-refractivity contribution in [3.63, 3.8) is 0 Å². The minimum Gasteiger partial charge on any atom is -0.450 e. The fraction of sp³-hybridized carbons (Fsp3) is 0.867. The van der Waals surface area contributed by atoms with Crippen LogP contribution in [0, 0.1) is 5.92 Å². The number of hydrogen-bond acceptors (Lipinski definition) is 4. The number of nitrogens with zero attached hydrogens (tertiary/aromatic N) is 1. The Morgan fingerprint density at radius 1 is 1.29 bits per heavy atom. The predicted molar refractivity (Wildman–Crippen MR) is 82.1 cm³/mol. The fourth-order valence-electron chi connectivity index (χ4n) is 2.62. The number of likely N-dealkylation sites (N-methyl/N-ethyl adjacent to an activating group) is 1. The van der Waals surface area contributed by atoms with Gasteiger partial charge in [-0.3, -0.25) is 4.79 Å². The topological polar surface area (TPSA) is 70.7 Å². The van der Waals surface area contributed by atoms with E-state index < -0.39 is 0 Å². The van der Waals surface area contributed by atoms with Gasteiger partial charge in [-0.25, -0.2) is 4.79 Å². The molecule has 1 unspecified atom stereocenters. The molecule has 21 heavy (non-hydrogen) atoms. The number of likely N-dealkylation sites (tertiary alicyclic amines) is 1. The molecule has 1 rings (SSSR count). The van der Waals surface area contributed by atoms with E-state index in [0.717, 1.165) is 19.3 Å². The maximum absolute atomic E-state index is 11.9. The largest absolute Gasteiger partial charge is 0.450 e. The van der Waals surface area contributed by atoms with Gasteiger partial charge >= 0.3 is 6.09 Å². The Kier molecular flexibility index (Phi) is 7.50. The van der Waals surface area contributed by atoms with Crippen LogP contribution in [0.25, 0.3) is 0 Å². The Balaban J connectivity index is 2.45. The summed E-state index contributed by atoms with van der Waals surface area (Å²) in [6, 6.07) is 0.117. The maximum Gasteiger partial charge on any atom is 0.409 e. The van der Waals surface area contributed by atoms with Gasteiger partial charge in [0.05, 0.1) is 12.6 Å². The van der Waals surface area contributed by atoms with Crippen molar-refractivity contribution in [1.29, 1.82) is 0 Å².